The summed E-state index contributed by atoms with van der Waals surface area (Å²) in [6.45, 7) is 3.86. The van der Waals surface area contributed by atoms with E-state index in [9.17, 15) is 13.6 Å². The second-order valence-electron chi connectivity index (χ2n) is 7.20. The highest BCUT2D eigenvalue weighted by Crippen LogP contribution is 2.21. The lowest BCUT2D eigenvalue weighted by atomic mass is 10.0. The maximum absolute atomic E-state index is 14.1. The Bertz CT molecular complexity index is 903. The van der Waals surface area contributed by atoms with Crippen molar-refractivity contribution < 1.29 is 18.4 Å². The predicted molar refractivity (Wildman–Crippen MR) is 108 cm³/mol. The third-order valence-corrected chi connectivity index (χ3v) is 4.66. The van der Waals surface area contributed by atoms with E-state index in [0.29, 0.717) is 11.4 Å². The van der Waals surface area contributed by atoms with E-state index in [1.165, 1.54) is 17.0 Å². The fraction of sp³-hybridized carbons (Fsp3) is 0.333. The molecule has 1 atom stereocenters. The van der Waals surface area contributed by atoms with Crippen molar-refractivity contribution in [3.63, 3.8) is 0 Å². The van der Waals surface area contributed by atoms with E-state index < -0.39 is 11.6 Å². The molecule has 1 aliphatic heterocycles. The number of oxime groups is 1. The largest absolute Gasteiger partial charge is 0.390 e. The number of hydrogen-bond acceptors (Lipinski definition) is 3. The quantitative estimate of drug-likeness (QED) is 0.733. The zero-order valence-corrected chi connectivity index (χ0v) is 16.9. The van der Waals surface area contributed by atoms with Gasteiger partial charge in [-0.15, -0.1) is 0 Å². The number of hydrogen-bond donors (Lipinski definition) is 1. The molecule has 1 heterocycles. The van der Waals surface area contributed by atoms with Gasteiger partial charge < -0.3 is 15.1 Å². The third kappa shape index (κ3) is 5.67. The average molecular weight is 422 g/mol. The van der Waals surface area contributed by atoms with Gasteiger partial charge >= 0.3 is 6.03 Å². The van der Waals surface area contributed by atoms with E-state index in [-0.39, 0.29) is 36.8 Å². The van der Waals surface area contributed by atoms with Gasteiger partial charge in [0.1, 0.15) is 11.6 Å². The summed E-state index contributed by atoms with van der Waals surface area (Å²) in [5.41, 5.74) is 1.87. The molecule has 0 aliphatic carbocycles. The first-order chi connectivity index (χ1) is 13.8. The summed E-state index contributed by atoms with van der Waals surface area (Å²) < 4.78 is 27.3. The summed E-state index contributed by atoms with van der Waals surface area (Å²) in [6.07, 6.45) is 0.126. The van der Waals surface area contributed by atoms with Crippen molar-refractivity contribution in [2.75, 3.05) is 6.54 Å². The van der Waals surface area contributed by atoms with Crippen LogP contribution in [0.2, 0.25) is 5.02 Å². The topological polar surface area (TPSA) is 53.9 Å². The number of benzene rings is 2. The van der Waals surface area contributed by atoms with Gasteiger partial charge in [0.15, 0.2) is 6.10 Å². The van der Waals surface area contributed by atoms with E-state index >= 15 is 0 Å². The number of rotatable bonds is 6. The fourth-order valence-electron chi connectivity index (χ4n) is 3.00. The standard InChI is InChI=1S/C21H22ClF2N3O2/c1-13(2)25-21(28)27(11-15-5-8-17(23)9-19(15)24)12-18-10-20(26-29-18)14-3-6-16(22)7-4-14/h3-9,13,18H,10-12H2,1-2H3,(H,25,28). The summed E-state index contributed by atoms with van der Waals surface area (Å²) in [4.78, 5) is 19.6. The molecule has 29 heavy (non-hydrogen) atoms. The van der Waals surface area contributed by atoms with Crippen molar-refractivity contribution in [3.05, 3.63) is 70.2 Å². The summed E-state index contributed by atoms with van der Waals surface area (Å²) in [5, 5.41) is 7.55. The lowest BCUT2D eigenvalue weighted by Crippen LogP contribution is -2.45. The summed E-state index contributed by atoms with van der Waals surface area (Å²) in [6, 6.07) is 10.1. The molecule has 0 saturated carbocycles. The molecule has 2 amide bonds. The SMILES string of the molecule is CC(C)NC(=O)N(Cc1ccc(F)cc1F)CC1CC(c2ccc(Cl)cc2)=NO1. The molecule has 0 spiro atoms. The van der Waals surface area contributed by atoms with Crippen molar-refractivity contribution in [2.45, 2.75) is 39.0 Å². The van der Waals surface area contributed by atoms with Crippen molar-refractivity contribution in [3.8, 4) is 0 Å². The van der Waals surface area contributed by atoms with Crippen molar-refractivity contribution >= 4 is 23.3 Å². The normalized spacial score (nSPS) is 15.8. The third-order valence-electron chi connectivity index (χ3n) is 4.41. The molecule has 0 aromatic heterocycles. The molecular formula is C21H22ClF2N3O2. The van der Waals surface area contributed by atoms with Gasteiger partial charge in [0.05, 0.1) is 18.8 Å². The molecule has 0 bridgehead atoms. The monoisotopic (exact) mass is 421 g/mol. The Morgan fingerprint density at radius 1 is 1.28 bits per heavy atom. The van der Waals surface area contributed by atoms with E-state index in [1.807, 2.05) is 26.0 Å². The fourth-order valence-corrected chi connectivity index (χ4v) is 3.12. The molecule has 0 fully saturated rings. The second-order valence-corrected chi connectivity index (χ2v) is 7.63. The van der Waals surface area contributed by atoms with Crippen LogP contribution in [0.25, 0.3) is 0 Å². The van der Waals surface area contributed by atoms with Crippen LogP contribution >= 0.6 is 11.6 Å². The van der Waals surface area contributed by atoms with Crippen molar-refractivity contribution in [2.24, 2.45) is 5.16 Å². The van der Waals surface area contributed by atoms with Crippen LogP contribution in [-0.2, 0) is 11.4 Å². The Balaban J connectivity index is 1.70. The molecule has 1 unspecified atom stereocenters. The highest BCUT2D eigenvalue weighted by molar-refractivity contribution is 6.30. The van der Waals surface area contributed by atoms with E-state index in [0.717, 1.165) is 17.3 Å². The van der Waals surface area contributed by atoms with Crippen molar-refractivity contribution in [1.82, 2.24) is 10.2 Å². The number of nitrogens with one attached hydrogen (secondary N) is 1. The Labute approximate surface area is 173 Å². The highest BCUT2D eigenvalue weighted by atomic mass is 35.5. The van der Waals surface area contributed by atoms with E-state index in [1.54, 1.807) is 12.1 Å². The van der Waals surface area contributed by atoms with Crippen LogP contribution in [-0.4, -0.2) is 35.3 Å². The van der Waals surface area contributed by atoms with Gasteiger partial charge in [-0.25, -0.2) is 13.6 Å². The zero-order chi connectivity index (χ0) is 21.0. The molecule has 1 aliphatic rings. The van der Waals surface area contributed by atoms with Gasteiger partial charge in [-0.1, -0.05) is 35.0 Å². The molecule has 2 aromatic rings. The maximum atomic E-state index is 14.1. The average Bonchev–Trinajstić information content (AvgIpc) is 3.12. The Morgan fingerprint density at radius 3 is 2.66 bits per heavy atom. The van der Waals surface area contributed by atoms with Gasteiger partial charge in [0.25, 0.3) is 0 Å². The smallest absolute Gasteiger partial charge is 0.318 e. The molecule has 154 valence electrons. The lowest BCUT2D eigenvalue weighted by Gasteiger charge is -2.26. The number of amides is 2. The summed E-state index contributed by atoms with van der Waals surface area (Å²) in [5.74, 6) is -1.36. The van der Waals surface area contributed by atoms with Crippen LogP contribution in [0.5, 0.6) is 0 Å². The lowest BCUT2D eigenvalue weighted by molar-refractivity contribution is 0.0584. The summed E-state index contributed by atoms with van der Waals surface area (Å²) >= 11 is 5.92. The second kappa shape index (κ2) is 9.22. The summed E-state index contributed by atoms with van der Waals surface area (Å²) in [7, 11) is 0. The first-order valence-electron chi connectivity index (χ1n) is 9.30. The number of carbonyl (C=O) groups is 1. The Kier molecular flexibility index (Phi) is 6.69. The first kappa shape index (κ1) is 21.0. The molecule has 0 saturated heterocycles. The minimum Gasteiger partial charge on any atom is -0.390 e. The van der Waals surface area contributed by atoms with E-state index in [4.69, 9.17) is 16.4 Å². The molecule has 1 N–H and O–H groups in total. The Morgan fingerprint density at radius 2 is 2.00 bits per heavy atom. The molecular weight excluding hydrogens is 400 g/mol. The van der Waals surface area contributed by atoms with Crippen LogP contribution in [0.4, 0.5) is 13.6 Å². The van der Waals surface area contributed by atoms with Gasteiger partial charge in [-0.2, -0.15) is 0 Å². The molecule has 2 aromatic carbocycles. The number of halogens is 3. The van der Waals surface area contributed by atoms with Crippen LogP contribution < -0.4 is 5.32 Å². The van der Waals surface area contributed by atoms with Crippen LogP contribution in [0.15, 0.2) is 47.6 Å². The number of nitrogens with zero attached hydrogens (tertiary/aromatic N) is 2. The molecule has 3 rings (SSSR count). The van der Waals surface area contributed by atoms with Gasteiger partial charge in [0.2, 0.25) is 0 Å². The van der Waals surface area contributed by atoms with Crippen LogP contribution in [0.1, 0.15) is 31.4 Å². The van der Waals surface area contributed by atoms with Gasteiger partial charge in [-0.05, 0) is 37.6 Å². The van der Waals surface area contributed by atoms with Gasteiger partial charge in [-0.3, -0.25) is 0 Å². The minimum atomic E-state index is -0.696. The Hall–Kier alpha value is -2.67. The predicted octanol–water partition coefficient (Wildman–Crippen LogP) is 4.73. The van der Waals surface area contributed by atoms with E-state index in [2.05, 4.69) is 10.5 Å². The molecule has 8 heteroatoms. The first-order valence-corrected chi connectivity index (χ1v) is 9.67. The maximum Gasteiger partial charge on any atom is 0.318 e. The highest BCUT2D eigenvalue weighted by Gasteiger charge is 2.27. The van der Waals surface area contributed by atoms with Crippen LogP contribution in [0.3, 0.4) is 0 Å². The number of urea groups is 1. The zero-order valence-electron chi connectivity index (χ0n) is 16.2. The van der Waals surface area contributed by atoms with Gasteiger partial charge in [0, 0.05) is 29.1 Å². The molecule has 5 nitrogen and oxygen atoms in total. The minimum absolute atomic E-state index is 0.0131. The molecule has 0 radical (unpaired) electrons. The van der Waals surface area contributed by atoms with Crippen LogP contribution in [0, 0.1) is 11.6 Å². The number of carbonyl (C=O) groups excluding carboxylic acids is 1. The van der Waals surface area contributed by atoms with Crippen molar-refractivity contribution in [1.29, 1.82) is 0 Å².